The molecule has 1 aliphatic carbocycles. The summed E-state index contributed by atoms with van der Waals surface area (Å²) >= 11 is 12.5. The summed E-state index contributed by atoms with van der Waals surface area (Å²) in [5.74, 6) is 0.651. The summed E-state index contributed by atoms with van der Waals surface area (Å²) < 4.78 is 0. The number of amides is 1. The predicted octanol–water partition coefficient (Wildman–Crippen LogP) is 3.94. The topological polar surface area (TPSA) is 40.5 Å². The molecular formula is C18H23Cl2NO2. The highest BCUT2D eigenvalue weighted by molar-refractivity contribution is 6.36. The van der Waals surface area contributed by atoms with E-state index in [0.29, 0.717) is 28.4 Å². The Morgan fingerprint density at radius 2 is 1.74 bits per heavy atom. The van der Waals surface area contributed by atoms with Gasteiger partial charge in [0.05, 0.1) is 0 Å². The summed E-state index contributed by atoms with van der Waals surface area (Å²) in [5, 5.41) is 10.5. The lowest BCUT2D eigenvalue weighted by Crippen LogP contribution is -2.40. The molecule has 1 heterocycles. The highest BCUT2D eigenvalue weighted by Crippen LogP contribution is 2.34. The molecule has 23 heavy (non-hydrogen) atoms. The van der Waals surface area contributed by atoms with Crippen molar-refractivity contribution in [2.24, 2.45) is 11.8 Å². The number of carbonyl (C=O) groups excluding carboxylic acids is 1. The number of benzene rings is 1. The quantitative estimate of drug-likeness (QED) is 0.888. The molecule has 126 valence electrons. The van der Waals surface area contributed by atoms with Crippen molar-refractivity contribution in [2.75, 3.05) is 13.2 Å². The molecule has 0 radical (unpaired) electrons. The number of likely N-dealkylation sites (tertiary alicyclic amines) is 1. The predicted molar refractivity (Wildman–Crippen MR) is 92.8 cm³/mol. The van der Waals surface area contributed by atoms with E-state index in [1.807, 2.05) is 18.2 Å². The lowest BCUT2D eigenvalue weighted by Gasteiger charge is -2.34. The van der Waals surface area contributed by atoms with Gasteiger partial charge in [0.15, 0.2) is 0 Å². The molecule has 0 aromatic heterocycles. The zero-order chi connectivity index (χ0) is 16.4. The van der Waals surface area contributed by atoms with E-state index in [4.69, 9.17) is 23.2 Å². The first-order valence-corrected chi connectivity index (χ1v) is 9.20. The molecule has 3 rings (SSSR count). The maximum Gasteiger partial charge on any atom is 0.226 e. The van der Waals surface area contributed by atoms with E-state index in [0.717, 1.165) is 44.2 Å². The van der Waals surface area contributed by atoms with Gasteiger partial charge < -0.3 is 10.0 Å². The Morgan fingerprint density at radius 3 is 2.35 bits per heavy atom. The van der Waals surface area contributed by atoms with Crippen LogP contribution in [0.2, 0.25) is 10.0 Å². The molecule has 0 bridgehead atoms. The van der Waals surface area contributed by atoms with Gasteiger partial charge in [-0.25, -0.2) is 0 Å². The maximum atomic E-state index is 12.8. The second kappa shape index (κ2) is 7.42. The minimum absolute atomic E-state index is 0.0111. The maximum absolute atomic E-state index is 12.8. The Balaban J connectivity index is 1.63. The van der Waals surface area contributed by atoms with Crippen LogP contribution in [-0.2, 0) is 11.2 Å². The summed E-state index contributed by atoms with van der Waals surface area (Å²) in [5.41, 5.74) is 0.889. The molecule has 1 aromatic carbocycles. The SMILES string of the molecule is O=C1C(Cc2c(Cl)cccc2Cl)CCN1C1CCC(CO)CC1. The van der Waals surface area contributed by atoms with E-state index in [1.54, 1.807) is 0 Å². The molecule has 1 aliphatic heterocycles. The van der Waals surface area contributed by atoms with Gasteiger partial charge in [-0.1, -0.05) is 29.3 Å². The van der Waals surface area contributed by atoms with Crippen molar-refractivity contribution in [2.45, 2.75) is 44.6 Å². The summed E-state index contributed by atoms with van der Waals surface area (Å²) in [4.78, 5) is 14.8. The van der Waals surface area contributed by atoms with E-state index in [9.17, 15) is 9.90 Å². The van der Waals surface area contributed by atoms with Crippen LogP contribution in [0, 0.1) is 11.8 Å². The van der Waals surface area contributed by atoms with Gasteiger partial charge in [-0.05, 0) is 62.1 Å². The Labute approximate surface area is 147 Å². The number of rotatable bonds is 4. The van der Waals surface area contributed by atoms with E-state index < -0.39 is 0 Å². The van der Waals surface area contributed by atoms with Crippen LogP contribution in [0.5, 0.6) is 0 Å². The number of aliphatic hydroxyl groups is 1. The van der Waals surface area contributed by atoms with Crippen molar-refractivity contribution in [3.05, 3.63) is 33.8 Å². The van der Waals surface area contributed by atoms with Crippen molar-refractivity contribution in [3.63, 3.8) is 0 Å². The number of nitrogens with zero attached hydrogens (tertiary/aromatic N) is 1. The van der Waals surface area contributed by atoms with E-state index in [-0.39, 0.29) is 18.4 Å². The molecule has 2 fully saturated rings. The molecule has 3 nitrogen and oxygen atoms in total. The normalized spacial score (nSPS) is 28.4. The Bertz CT molecular complexity index is 550. The third-order valence-electron chi connectivity index (χ3n) is 5.38. The zero-order valence-corrected chi connectivity index (χ0v) is 14.7. The highest BCUT2D eigenvalue weighted by Gasteiger charge is 2.37. The molecule has 1 atom stereocenters. The van der Waals surface area contributed by atoms with E-state index in [2.05, 4.69) is 4.90 Å². The van der Waals surface area contributed by atoms with E-state index in [1.165, 1.54) is 0 Å². The van der Waals surface area contributed by atoms with Crippen molar-refractivity contribution >= 4 is 29.1 Å². The first-order chi connectivity index (χ1) is 11.1. The van der Waals surface area contributed by atoms with Gasteiger partial charge in [0.2, 0.25) is 5.91 Å². The summed E-state index contributed by atoms with van der Waals surface area (Å²) in [6.07, 6.45) is 5.56. The van der Waals surface area contributed by atoms with Crippen molar-refractivity contribution in [1.82, 2.24) is 4.90 Å². The van der Waals surface area contributed by atoms with Crippen LogP contribution < -0.4 is 0 Å². The fourth-order valence-corrected chi connectivity index (χ4v) is 4.48. The van der Waals surface area contributed by atoms with Gasteiger partial charge in [-0.15, -0.1) is 0 Å². The molecule has 2 aliphatic rings. The largest absolute Gasteiger partial charge is 0.396 e. The summed E-state index contributed by atoms with van der Waals surface area (Å²) in [6.45, 7) is 1.11. The van der Waals surface area contributed by atoms with Crippen LogP contribution in [0.25, 0.3) is 0 Å². The highest BCUT2D eigenvalue weighted by atomic mass is 35.5. The van der Waals surface area contributed by atoms with Crippen LogP contribution in [0.1, 0.15) is 37.7 Å². The van der Waals surface area contributed by atoms with Gasteiger partial charge in [0.25, 0.3) is 0 Å². The standard InChI is InChI=1S/C18H23Cl2NO2/c19-16-2-1-3-17(20)15(16)10-13-8-9-21(18(13)23)14-6-4-12(11-22)5-7-14/h1-3,12-14,22H,4-11H2. The van der Waals surface area contributed by atoms with Crippen LogP contribution in [0.15, 0.2) is 18.2 Å². The van der Waals surface area contributed by atoms with Crippen LogP contribution in [-0.4, -0.2) is 35.1 Å². The lowest BCUT2D eigenvalue weighted by atomic mass is 9.86. The van der Waals surface area contributed by atoms with Gasteiger partial charge in [-0.3, -0.25) is 4.79 Å². The van der Waals surface area contributed by atoms with Crippen LogP contribution in [0.4, 0.5) is 0 Å². The number of hydrogen-bond donors (Lipinski definition) is 1. The molecule has 1 saturated carbocycles. The smallest absolute Gasteiger partial charge is 0.226 e. The third kappa shape index (κ3) is 3.67. The molecule has 1 unspecified atom stereocenters. The van der Waals surface area contributed by atoms with Crippen LogP contribution >= 0.6 is 23.2 Å². The number of halogens is 2. The zero-order valence-electron chi connectivity index (χ0n) is 13.2. The molecule has 1 saturated heterocycles. The van der Waals surface area contributed by atoms with Crippen molar-refractivity contribution in [3.8, 4) is 0 Å². The van der Waals surface area contributed by atoms with Crippen molar-refractivity contribution in [1.29, 1.82) is 0 Å². The Morgan fingerprint density at radius 1 is 1.09 bits per heavy atom. The molecule has 1 N–H and O–H groups in total. The first kappa shape index (κ1) is 17.1. The molecule has 1 aromatic rings. The van der Waals surface area contributed by atoms with Gasteiger partial charge in [-0.2, -0.15) is 0 Å². The molecule has 0 spiro atoms. The minimum Gasteiger partial charge on any atom is -0.396 e. The summed E-state index contributed by atoms with van der Waals surface area (Å²) in [7, 11) is 0. The molecule has 5 heteroatoms. The number of hydrogen-bond acceptors (Lipinski definition) is 2. The average molecular weight is 356 g/mol. The number of carbonyl (C=O) groups is 1. The first-order valence-electron chi connectivity index (χ1n) is 8.44. The van der Waals surface area contributed by atoms with E-state index >= 15 is 0 Å². The second-order valence-electron chi connectivity index (χ2n) is 6.78. The Hall–Kier alpha value is -0.770. The Kier molecular flexibility index (Phi) is 5.50. The second-order valence-corrected chi connectivity index (χ2v) is 7.59. The monoisotopic (exact) mass is 355 g/mol. The fourth-order valence-electron chi connectivity index (χ4n) is 3.93. The summed E-state index contributed by atoms with van der Waals surface area (Å²) in [6, 6.07) is 5.83. The number of aliphatic hydroxyl groups excluding tert-OH is 1. The van der Waals surface area contributed by atoms with Crippen molar-refractivity contribution < 1.29 is 9.90 Å². The molecular weight excluding hydrogens is 333 g/mol. The van der Waals surface area contributed by atoms with Gasteiger partial charge in [0.1, 0.15) is 0 Å². The molecule has 1 amide bonds. The van der Waals surface area contributed by atoms with Gasteiger partial charge >= 0.3 is 0 Å². The lowest BCUT2D eigenvalue weighted by molar-refractivity contribution is -0.133. The van der Waals surface area contributed by atoms with Crippen LogP contribution in [0.3, 0.4) is 0 Å². The van der Waals surface area contributed by atoms with Gasteiger partial charge in [0, 0.05) is 35.2 Å². The third-order valence-corrected chi connectivity index (χ3v) is 6.09. The minimum atomic E-state index is -0.0111. The fraction of sp³-hybridized carbons (Fsp3) is 0.611. The average Bonchev–Trinajstić information content (AvgIpc) is 2.92.